The van der Waals surface area contributed by atoms with E-state index >= 15 is 0 Å². The van der Waals surface area contributed by atoms with Crippen molar-refractivity contribution in [3.63, 3.8) is 0 Å². The minimum Gasteiger partial charge on any atom is -0.293 e. The molecule has 0 unspecified atom stereocenters. The highest BCUT2D eigenvalue weighted by molar-refractivity contribution is 6.04. The van der Waals surface area contributed by atoms with Crippen LogP contribution in [0.25, 0.3) is 0 Å². The smallest absolute Gasteiger partial charge is 0.176 e. The van der Waals surface area contributed by atoms with Gasteiger partial charge in [-0.25, -0.2) is 4.39 Å². The third-order valence-corrected chi connectivity index (χ3v) is 2.42. The number of ketones is 1. The highest BCUT2D eigenvalue weighted by atomic mass is 19.1. The molecule has 1 nitrogen and oxygen atoms in total. The van der Waals surface area contributed by atoms with E-state index in [0.717, 1.165) is 5.56 Å². The van der Waals surface area contributed by atoms with Gasteiger partial charge in [-0.3, -0.25) is 4.79 Å². The summed E-state index contributed by atoms with van der Waals surface area (Å²) >= 11 is 0. The molecular weight excluding hydrogens is 215 g/mol. The fourth-order valence-electron chi connectivity index (χ4n) is 1.44. The molecule has 17 heavy (non-hydrogen) atoms. The van der Waals surface area contributed by atoms with Crippen molar-refractivity contribution < 1.29 is 9.18 Å². The summed E-state index contributed by atoms with van der Waals surface area (Å²) in [5.74, 6) is -0.519. The van der Waals surface area contributed by atoms with Crippen molar-refractivity contribution in [3.05, 3.63) is 77.5 Å². The van der Waals surface area contributed by atoms with Gasteiger partial charge in [0.05, 0.1) is 6.42 Å². The van der Waals surface area contributed by atoms with Crippen LogP contribution in [0.4, 0.5) is 4.39 Å². The molecule has 0 saturated carbocycles. The van der Waals surface area contributed by atoms with Gasteiger partial charge in [0, 0.05) is 5.56 Å². The first-order valence-corrected chi connectivity index (χ1v) is 5.29. The predicted molar refractivity (Wildman–Crippen MR) is 64.3 cm³/mol. The maximum Gasteiger partial charge on any atom is 0.176 e. The van der Waals surface area contributed by atoms with Crippen molar-refractivity contribution >= 4 is 5.78 Å². The Hall–Kier alpha value is -1.96. The predicted octanol–water partition coefficient (Wildman–Crippen LogP) is 3.45. The van der Waals surface area contributed by atoms with Crippen LogP contribution in [0.1, 0.15) is 21.5 Å². The SMILES string of the molecule is Cc1ccc(C(=O)[C]c2ccc(F)cc2)cc1. The van der Waals surface area contributed by atoms with Gasteiger partial charge in [-0.15, -0.1) is 0 Å². The van der Waals surface area contributed by atoms with Gasteiger partial charge in [-0.1, -0.05) is 42.0 Å². The quantitative estimate of drug-likeness (QED) is 0.732. The molecule has 2 aromatic carbocycles. The molecule has 0 aliphatic heterocycles. The first-order valence-electron chi connectivity index (χ1n) is 5.29. The van der Waals surface area contributed by atoms with E-state index in [1.165, 1.54) is 24.3 Å². The minimum absolute atomic E-state index is 0.198. The van der Waals surface area contributed by atoms with Crippen LogP contribution in [0.2, 0.25) is 0 Å². The first-order chi connectivity index (χ1) is 8.15. The molecular formula is C15H11FO. The van der Waals surface area contributed by atoms with Gasteiger partial charge in [0.2, 0.25) is 0 Å². The largest absolute Gasteiger partial charge is 0.293 e. The Labute approximate surface area is 99.9 Å². The van der Waals surface area contributed by atoms with Gasteiger partial charge < -0.3 is 0 Å². The zero-order chi connectivity index (χ0) is 12.3. The lowest BCUT2D eigenvalue weighted by atomic mass is 10.0. The maximum absolute atomic E-state index is 12.7. The molecule has 0 aliphatic rings. The van der Waals surface area contributed by atoms with Gasteiger partial charge >= 0.3 is 0 Å². The number of hydrogen-bond donors (Lipinski definition) is 0. The van der Waals surface area contributed by atoms with Crippen LogP contribution in [0.5, 0.6) is 0 Å². The summed E-state index contributed by atoms with van der Waals surface area (Å²) in [6.07, 6.45) is 2.70. The number of benzene rings is 2. The monoisotopic (exact) mass is 226 g/mol. The summed E-state index contributed by atoms with van der Waals surface area (Å²) in [7, 11) is 0. The summed E-state index contributed by atoms with van der Waals surface area (Å²) in [6.45, 7) is 1.96. The van der Waals surface area contributed by atoms with Crippen LogP contribution < -0.4 is 0 Å². The van der Waals surface area contributed by atoms with E-state index in [0.29, 0.717) is 11.1 Å². The molecule has 0 amide bonds. The summed E-state index contributed by atoms with van der Waals surface area (Å²) in [6, 6.07) is 12.9. The Morgan fingerprint density at radius 3 is 2.18 bits per heavy atom. The van der Waals surface area contributed by atoms with E-state index < -0.39 is 0 Å². The van der Waals surface area contributed by atoms with E-state index in [1.807, 2.05) is 19.1 Å². The number of carbonyl (C=O) groups is 1. The molecule has 0 aromatic heterocycles. The number of carbonyl (C=O) groups excluding carboxylic acids is 1. The molecule has 2 radical (unpaired) electrons. The average molecular weight is 226 g/mol. The number of rotatable bonds is 3. The van der Waals surface area contributed by atoms with Gasteiger partial charge in [0.1, 0.15) is 5.82 Å². The molecule has 0 aliphatic carbocycles. The molecule has 0 bridgehead atoms. The van der Waals surface area contributed by atoms with Crippen LogP contribution in [-0.2, 0) is 0 Å². The number of halogens is 1. The number of Topliss-reactive ketones (excluding diaryl/α,β-unsaturated/α-hetero) is 1. The number of aryl methyl sites for hydroxylation is 1. The van der Waals surface area contributed by atoms with Crippen LogP contribution in [0.15, 0.2) is 48.5 Å². The van der Waals surface area contributed by atoms with Crippen molar-refractivity contribution in [3.8, 4) is 0 Å². The minimum atomic E-state index is -0.321. The van der Waals surface area contributed by atoms with Crippen LogP contribution >= 0.6 is 0 Å². The first kappa shape index (κ1) is 11.5. The second-order valence-corrected chi connectivity index (χ2v) is 3.83. The molecule has 0 saturated heterocycles. The highest BCUT2D eigenvalue weighted by Gasteiger charge is 2.07. The maximum atomic E-state index is 12.7. The fourth-order valence-corrected chi connectivity index (χ4v) is 1.44. The Bertz CT molecular complexity index is 512. The van der Waals surface area contributed by atoms with Crippen molar-refractivity contribution in [1.82, 2.24) is 0 Å². The topological polar surface area (TPSA) is 17.1 Å². The molecule has 0 fully saturated rings. The van der Waals surface area contributed by atoms with E-state index in [2.05, 4.69) is 6.42 Å². The molecule has 0 heterocycles. The van der Waals surface area contributed by atoms with E-state index in [9.17, 15) is 9.18 Å². The Kier molecular flexibility index (Phi) is 3.33. The summed E-state index contributed by atoms with van der Waals surface area (Å²) in [4.78, 5) is 11.8. The van der Waals surface area contributed by atoms with Crippen LogP contribution in [0.3, 0.4) is 0 Å². The van der Waals surface area contributed by atoms with E-state index in [4.69, 9.17) is 0 Å². The summed E-state index contributed by atoms with van der Waals surface area (Å²) in [5, 5.41) is 0. The van der Waals surface area contributed by atoms with Crippen molar-refractivity contribution in [1.29, 1.82) is 0 Å². The lowest BCUT2D eigenvalue weighted by molar-refractivity contribution is 0.103. The van der Waals surface area contributed by atoms with Crippen LogP contribution in [-0.4, -0.2) is 5.78 Å². The normalized spacial score (nSPS) is 10.2. The van der Waals surface area contributed by atoms with Crippen LogP contribution in [0, 0.1) is 19.2 Å². The lowest BCUT2D eigenvalue weighted by Crippen LogP contribution is -2.00. The van der Waals surface area contributed by atoms with E-state index in [1.54, 1.807) is 12.1 Å². The average Bonchev–Trinajstić information content (AvgIpc) is 2.33. The Balaban J connectivity index is 2.11. The molecule has 0 spiro atoms. The molecule has 2 heteroatoms. The van der Waals surface area contributed by atoms with Gasteiger partial charge in [0.15, 0.2) is 5.78 Å². The highest BCUT2D eigenvalue weighted by Crippen LogP contribution is 2.11. The van der Waals surface area contributed by atoms with Crippen molar-refractivity contribution in [2.75, 3.05) is 0 Å². The third kappa shape index (κ3) is 3.00. The van der Waals surface area contributed by atoms with Gasteiger partial charge in [-0.05, 0) is 24.6 Å². The summed E-state index contributed by atoms with van der Waals surface area (Å²) < 4.78 is 12.7. The van der Waals surface area contributed by atoms with E-state index in [-0.39, 0.29) is 11.6 Å². The zero-order valence-electron chi connectivity index (χ0n) is 9.41. The Morgan fingerprint density at radius 1 is 1.00 bits per heavy atom. The molecule has 0 N–H and O–H groups in total. The van der Waals surface area contributed by atoms with Gasteiger partial charge in [-0.2, -0.15) is 0 Å². The van der Waals surface area contributed by atoms with Crippen molar-refractivity contribution in [2.45, 2.75) is 6.92 Å². The standard InChI is InChI=1S/C15H11FO/c1-11-2-6-13(7-3-11)15(17)10-12-4-8-14(16)9-5-12/h2-9H,1H3. The molecule has 2 aromatic rings. The second-order valence-electron chi connectivity index (χ2n) is 3.83. The fraction of sp³-hybridized carbons (Fsp3) is 0.0667. The summed E-state index contributed by atoms with van der Waals surface area (Å²) in [5.41, 5.74) is 2.26. The van der Waals surface area contributed by atoms with Gasteiger partial charge in [0.25, 0.3) is 0 Å². The zero-order valence-corrected chi connectivity index (χ0v) is 9.41. The molecule has 84 valence electrons. The second kappa shape index (κ2) is 4.91. The third-order valence-electron chi connectivity index (χ3n) is 2.42. The lowest BCUT2D eigenvalue weighted by Gasteiger charge is -2.01. The molecule has 0 atom stereocenters. The number of hydrogen-bond acceptors (Lipinski definition) is 1. The Morgan fingerprint density at radius 2 is 1.59 bits per heavy atom. The molecule has 2 rings (SSSR count). The van der Waals surface area contributed by atoms with Crippen molar-refractivity contribution in [2.24, 2.45) is 0 Å².